The first-order valence-corrected chi connectivity index (χ1v) is 12.5. The van der Waals surface area contributed by atoms with Gasteiger partial charge in [-0.1, -0.05) is 30.5 Å². The molecule has 2 aromatic carbocycles. The quantitative estimate of drug-likeness (QED) is 0.589. The minimum absolute atomic E-state index is 0.0116. The molecule has 1 saturated heterocycles. The van der Waals surface area contributed by atoms with Gasteiger partial charge in [-0.3, -0.25) is 19.2 Å². The van der Waals surface area contributed by atoms with Crippen molar-refractivity contribution in [2.75, 3.05) is 18.9 Å². The number of halogens is 1. The molecule has 1 heterocycles. The van der Waals surface area contributed by atoms with Gasteiger partial charge < -0.3 is 9.47 Å². The molecule has 33 heavy (non-hydrogen) atoms. The molecule has 4 rings (SSSR count). The standard InChI is InChI=1S/C23H25ClN2O6S/c1-31-19-10-8-15(24)12-18(19)25-33(29,30)21-11-14(7-9-20(21)32-2)13-26-22(27)16-5-3-4-6-17(16)23(26)28/h7-12,16-17,25H,3-6,13H2,1-2H3/t16-,17-/m0/s1. The first kappa shape index (κ1) is 23.4. The van der Waals surface area contributed by atoms with Gasteiger partial charge in [-0.25, -0.2) is 8.42 Å². The maximum Gasteiger partial charge on any atom is 0.265 e. The number of carbonyl (C=O) groups excluding carboxylic acids is 2. The number of nitrogens with zero attached hydrogens (tertiary/aromatic N) is 1. The van der Waals surface area contributed by atoms with Crippen molar-refractivity contribution in [1.29, 1.82) is 0 Å². The summed E-state index contributed by atoms with van der Waals surface area (Å²) in [4.78, 5) is 26.8. The van der Waals surface area contributed by atoms with Crippen molar-refractivity contribution < 1.29 is 27.5 Å². The predicted octanol–water partition coefficient (Wildman–Crippen LogP) is 3.83. The summed E-state index contributed by atoms with van der Waals surface area (Å²) in [6.07, 6.45) is 3.33. The van der Waals surface area contributed by atoms with Crippen LogP contribution in [0.1, 0.15) is 31.2 Å². The van der Waals surface area contributed by atoms with E-state index in [4.69, 9.17) is 21.1 Å². The third-order valence-electron chi connectivity index (χ3n) is 6.20. The number of sulfonamides is 1. The zero-order valence-corrected chi connectivity index (χ0v) is 19.9. The number of imide groups is 1. The van der Waals surface area contributed by atoms with E-state index in [1.807, 2.05) is 0 Å². The lowest BCUT2D eigenvalue weighted by Crippen LogP contribution is -2.30. The molecule has 0 spiro atoms. The van der Waals surface area contributed by atoms with Crippen LogP contribution in [0.4, 0.5) is 5.69 Å². The number of hydrogen-bond acceptors (Lipinski definition) is 6. The molecule has 0 bridgehead atoms. The largest absolute Gasteiger partial charge is 0.495 e. The number of hydrogen-bond donors (Lipinski definition) is 1. The smallest absolute Gasteiger partial charge is 0.265 e. The van der Waals surface area contributed by atoms with Crippen molar-refractivity contribution in [2.24, 2.45) is 11.8 Å². The van der Waals surface area contributed by atoms with E-state index >= 15 is 0 Å². The summed E-state index contributed by atoms with van der Waals surface area (Å²) in [6, 6.07) is 9.16. The van der Waals surface area contributed by atoms with Gasteiger partial charge in [-0.2, -0.15) is 0 Å². The second-order valence-electron chi connectivity index (χ2n) is 8.20. The zero-order chi connectivity index (χ0) is 23.8. The third-order valence-corrected chi connectivity index (χ3v) is 7.82. The van der Waals surface area contributed by atoms with Gasteiger partial charge in [0.05, 0.1) is 38.3 Å². The van der Waals surface area contributed by atoms with Crippen molar-refractivity contribution in [3.05, 3.63) is 47.0 Å². The Morgan fingerprint density at radius 2 is 1.58 bits per heavy atom. The number of likely N-dealkylation sites (tertiary alicyclic amines) is 1. The average molecular weight is 493 g/mol. The summed E-state index contributed by atoms with van der Waals surface area (Å²) in [5.74, 6) is -0.443. The molecular weight excluding hydrogens is 468 g/mol. The molecule has 176 valence electrons. The van der Waals surface area contributed by atoms with Gasteiger partial charge in [0.2, 0.25) is 11.8 Å². The van der Waals surface area contributed by atoms with E-state index in [0.29, 0.717) is 16.3 Å². The first-order valence-electron chi connectivity index (χ1n) is 10.6. The van der Waals surface area contributed by atoms with Crippen LogP contribution in [0.15, 0.2) is 41.3 Å². The van der Waals surface area contributed by atoms with Crippen molar-refractivity contribution in [3.8, 4) is 11.5 Å². The third kappa shape index (κ3) is 4.52. The van der Waals surface area contributed by atoms with Crippen LogP contribution in [-0.4, -0.2) is 39.4 Å². The van der Waals surface area contributed by atoms with E-state index in [2.05, 4.69) is 4.72 Å². The van der Waals surface area contributed by atoms with Crippen LogP contribution in [0.5, 0.6) is 11.5 Å². The lowest BCUT2D eigenvalue weighted by molar-refractivity contribution is -0.140. The maximum atomic E-state index is 13.2. The van der Waals surface area contributed by atoms with Gasteiger partial charge in [0, 0.05) is 5.02 Å². The summed E-state index contributed by atoms with van der Waals surface area (Å²) < 4.78 is 39.5. The monoisotopic (exact) mass is 492 g/mol. The number of ether oxygens (including phenoxy) is 2. The fourth-order valence-electron chi connectivity index (χ4n) is 4.56. The van der Waals surface area contributed by atoms with E-state index in [-0.39, 0.29) is 46.5 Å². The van der Waals surface area contributed by atoms with Crippen LogP contribution in [-0.2, 0) is 26.2 Å². The van der Waals surface area contributed by atoms with E-state index in [1.165, 1.54) is 37.3 Å². The average Bonchev–Trinajstić information content (AvgIpc) is 3.04. The lowest BCUT2D eigenvalue weighted by atomic mass is 9.81. The Morgan fingerprint density at radius 3 is 2.18 bits per heavy atom. The second kappa shape index (κ2) is 9.23. The second-order valence-corrected chi connectivity index (χ2v) is 10.3. The number of carbonyl (C=O) groups is 2. The normalized spacial score (nSPS) is 20.5. The topological polar surface area (TPSA) is 102 Å². The van der Waals surface area contributed by atoms with Crippen LogP contribution in [0.25, 0.3) is 0 Å². The summed E-state index contributed by atoms with van der Waals surface area (Å²) in [5, 5.41) is 0.335. The molecule has 1 aliphatic heterocycles. The molecule has 8 nitrogen and oxygen atoms in total. The molecule has 0 aromatic heterocycles. The molecular formula is C23H25ClN2O6S. The van der Waals surface area contributed by atoms with Crippen molar-refractivity contribution in [1.82, 2.24) is 4.90 Å². The predicted molar refractivity (Wildman–Crippen MR) is 123 cm³/mol. The summed E-state index contributed by atoms with van der Waals surface area (Å²) in [5.41, 5.74) is 0.681. The highest BCUT2D eigenvalue weighted by Crippen LogP contribution is 2.39. The molecule has 10 heteroatoms. The van der Waals surface area contributed by atoms with Gasteiger partial charge in [0.25, 0.3) is 10.0 Å². The number of methoxy groups -OCH3 is 2. The van der Waals surface area contributed by atoms with Crippen LogP contribution in [0.2, 0.25) is 5.02 Å². The highest BCUT2D eigenvalue weighted by atomic mass is 35.5. The van der Waals surface area contributed by atoms with E-state index < -0.39 is 10.0 Å². The summed E-state index contributed by atoms with van der Waals surface area (Å²) in [6.45, 7) is 0.0116. The zero-order valence-electron chi connectivity index (χ0n) is 18.3. The number of nitrogens with one attached hydrogen (secondary N) is 1. The molecule has 1 saturated carbocycles. The highest BCUT2D eigenvalue weighted by Gasteiger charge is 2.47. The van der Waals surface area contributed by atoms with Gasteiger partial charge >= 0.3 is 0 Å². The Hall–Kier alpha value is -2.78. The number of amides is 2. The molecule has 2 amide bonds. The molecule has 2 atom stereocenters. The number of rotatable bonds is 7. The first-order chi connectivity index (χ1) is 15.7. The Labute approximate surface area is 197 Å². The molecule has 0 radical (unpaired) electrons. The molecule has 2 fully saturated rings. The molecule has 0 unspecified atom stereocenters. The number of anilines is 1. The van der Waals surface area contributed by atoms with Gasteiger partial charge in [0.1, 0.15) is 16.4 Å². The summed E-state index contributed by atoms with van der Waals surface area (Å²) in [7, 11) is -1.32. The molecule has 1 aliphatic carbocycles. The van der Waals surface area contributed by atoms with Gasteiger partial charge in [0.15, 0.2) is 0 Å². The van der Waals surface area contributed by atoms with Gasteiger partial charge in [-0.15, -0.1) is 0 Å². The van der Waals surface area contributed by atoms with Gasteiger partial charge in [-0.05, 0) is 48.7 Å². The van der Waals surface area contributed by atoms with Crippen LogP contribution in [0.3, 0.4) is 0 Å². The van der Waals surface area contributed by atoms with Crippen LogP contribution in [0, 0.1) is 11.8 Å². The maximum absolute atomic E-state index is 13.2. The van der Waals surface area contributed by atoms with Crippen LogP contribution >= 0.6 is 11.6 Å². The van der Waals surface area contributed by atoms with E-state index in [1.54, 1.807) is 18.2 Å². The number of benzene rings is 2. The minimum atomic E-state index is -4.11. The molecule has 2 aromatic rings. The fourth-order valence-corrected chi connectivity index (χ4v) is 6.01. The summed E-state index contributed by atoms with van der Waals surface area (Å²) >= 11 is 6.02. The molecule has 2 aliphatic rings. The van der Waals surface area contributed by atoms with Crippen molar-refractivity contribution in [2.45, 2.75) is 37.1 Å². The number of fused-ring (bicyclic) bond motifs is 1. The SMILES string of the molecule is COc1ccc(Cl)cc1NS(=O)(=O)c1cc(CN2C(=O)[C@H]3CCCC[C@@H]3C2=O)ccc1OC. The van der Waals surface area contributed by atoms with E-state index in [0.717, 1.165) is 25.7 Å². The molecule has 1 N–H and O–H groups in total. The Bertz CT molecular complexity index is 1180. The minimum Gasteiger partial charge on any atom is -0.495 e. The van der Waals surface area contributed by atoms with E-state index in [9.17, 15) is 18.0 Å². The highest BCUT2D eigenvalue weighted by molar-refractivity contribution is 7.92. The lowest BCUT2D eigenvalue weighted by Gasteiger charge is -2.19. The Balaban J connectivity index is 1.64. The van der Waals surface area contributed by atoms with Crippen molar-refractivity contribution in [3.63, 3.8) is 0 Å². The van der Waals surface area contributed by atoms with Crippen LogP contribution < -0.4 is 14.2 Å². The Morgan fingerprint density at radius 1 is 0.970 bits per heavy atom. The Kier molecular flexibility index (Phi) is 6.54. The fraction of sp³-hybridized carbons (Fsp3) is 0.391. The van der Waals surface area contributed by atoms with Crippen molar-refractivity contribution >= 4 is 39.1 Å².